The van der Waals surface area contributed by atoms with Gasteiger partial charge in [-0.15, -0.1) is 5.10 Å². The van der Waals surface area contributed by atoms with Crippen molar-refractivity contribution in [1.29, 1.82) is 0 Å². The molecule has 0 unspecified atom stereocenters. The van der Waals surface area contributed by atoms with Crippen LogP contribution in [0.3, 0.4) is 0 Å². The molecule has 1 saturated carbocycles. The third-order valence-electron chi connectivity index (χ3n) is 8.84. The molecule has 39 heavy (non-hydrogen) atoms. The molecule has 8 nitrogen and oxygen atoms in total. The van der Waals surface area contributed by atoms with Gasteiger partial charge in [-0.3, -0.25) is 9.69 Å². The molecule has 0 amide bonds. The Bertz CT molecular complexity index is 1540. The third kappa shape index (κ3) is 4.86. The van der Waals surface area contributed by atoms with Gasteiger partial charge >= 0.3 is 0 Å². The molecule has 2 aromatic heterocycles. The Kier molecular flexibility index (Phi) is 6.97. The van der Waals surface area contributed by atoms with Gasteiger partial charge in [-0.2, -0.15) is 0 Å². The van der Waals surface area contributed by atoms with Crippen molar-refractivity contribution in [2.45, 2.75) is 71.9 Å². The van der Waals surface area contributed by atoms with Crippen molar-refractivity contribution < 1.29 is 0 Å². The van der Waals surface area contributed by atoms with Crippen molar-refractivity contribution in [3.63, 3.8) is 0 Å². The number of H-pyrrole nitrogens is 1. The maximum atomic E-state index is 13.8. The predicted molar refractivity (Wildman–Crippen MR) is 156 cm³/mol. The molecule has 0 spiro atoms. The van der Waals surface area contributed by atoms with Gasteiger partial charge in [0.25, 0.3) is 5.56 Å². The predicted octanol–water partition coefficient (Wildman–Crippen LogP) is 5.17. The van der Waals surface area contributed by atoms with Gasteiger partial charge in [0.2, 0.25) is 0 Å². The maximum absolute atomic E-state index is 13.8. The van der Waals surface area contributed by atoms with Crippen LogP contribution in [0.1, 0.15) is 77.8 Å². The molecule has 2 aliphatic rings. The van der Waals surface area contributed by atoms with Gasteiger partial charge < -0.3 is 9.88 Å². The second kappa shape index (κ2) is 10.6. The molecule has 6 rings (SSSR count). The number of hydrogen-bond donors (Lipinski definition) is 1. The lowest BCUT2D eigenvalue weighted by Gasteiger charge is -2.40. The van der Waals surface area contributed by atoms with Crippen LogP contribution in [0.25, 0.3) is 10.9 Å². The van der Waals surface area contributed by atoms with Crippen molar-refractivity contribution in [3.05, 3.63) is 80.4 Å². The summed E-state index contributed by atoms with van der Waals surface area (Å²) in [7, 11) is 0. The van der Waals surface area contributed by atoms with Crippen molar-refractivity contribution in [2.24, 2.45) is 0 Å². The van der Waals surface area contributed by atoms with E-state index >= 15 is 0 Å². The number of hydrogen-bond acceptors (Lipinski definition) is 6. The second-order valence-electron chi connectivity index (χ2n) is 11.5. The number of nitrogens with one attached hydrogen (secondary N) is 1. The van der Waals surface area contributed by atoms with Crippen LogP contribution in [0.5, 0.6) is 0 Å². The van der Waals surface area contributed by atoms with E-state index in [1.54, 1.807) is 0 Å². The Morgan fingerprint density at radius 1 is 0.872 bits per heavy atom. The lowest BCUT2D eigenvalue weighted by molar-refractivity contribution is 0.192. The van der Waals surface area contributed by atoms with Crippen LogP contribution in [-0.2, 0) is 0 Å². The third-order valence-corrected chi connectivity index (χ3v) is 8.84. The highest BCUT2D eigenvalue weighted by molar-refractivity contribution is 5.85. The number of benzene rings is 2. The Morgan fingerprint density at radius 2 is 1.59 bits per heavy atom. The summed E-state index contributed by atoms with van der Waals surface area (Å²) >= 11 is 0. The van der Waals surface area contributed by atoms with Crippen molar-refractivity contribution in [2.75, 3.05) is 31.1 Å². The monoisotopic (exact) mass is 525 g/mol. The van der Waals surface area contributed by atoms with Crippen LogP contribution in [0.15, 0.2) is 41.2 Å². The van der Waals surface area contributed by atoms with E-state index in [1.807, 2.05) is 11.6 Å². The molecule has 3 heterocycles. The second-order valence-corrected chi connectivity index (χ2v) is 11.5. The van der Waals surface area contributed by atoms with Crippen LogP contribution in [0.2, 0.25) is 0 Å². The summed E-state index contributed by atoms with van der Waals surface area (Å²) in [4.78, 5) is 21.9. The fourth-order valence-corrected chi connectivity index (χ4v) is 6.54. The number of pyridine rings is 1. The number of aromatic amines is 1. The zero-order chi connectivity index (χ0) is 27.1. The lowest BCUT2D eigenvalue weighted by Crippen LogP contribution is -2.49. The van der Waals surface area contributed by atoms with Crippen molar-refractivity contribution in [3.8, 4) is 0 Å². The van der Waals surface area contributed by atoms with E-state index in [0.29, 0.717) is 0 Å². The number of piperazine rings is 1. The number of tetrazole rings is 1. The molecule has 1 aliphatic carbocycles. The molecule has 2 aromatic carbocycles. The Morgan fingerprint density at radius 3 is 2.36 bits per heavy atom. The molecule has 1 atom stereocenters. The van der Waals surface area contributed by atoms with Gasteiger partial charge in [0, 0.05) is 42.8 Å². The van der Waals surface area contributed by atoms with Crippen LogP contribution in [0, 0.1) is 27.7 Å². The van der Waals surface area contributed by atoms with Crippen LogP contribution in [0.4, 0.5) is 5.69 Å². The molecule has 1 saturated heterocycles. The summed E-state index contributed by atoms with van der Waals surface area (Å²) in [5.41, 5.74) is 7.67. The molecule has 0 bridgehead atoms. The Labute approximate surface area is 230 Å². The highest BCUT2D eigenvalue weighted by atomic mass is 16.1. The van der Waals surface area contributed by atoms with Crippen LogP contribution >= 0.6 is 0 Å². The zero-order valence-corrected chi connectivity index (χ0v) is 23.6. The summed E-state index contributed by atoms with van der Waals surface area (Å²) in [5.74, 6) is 0.789. The van der Waals surface area contributed by atoms with E-state index < -0.39 is 0 Å². The summed E-state index contributed by atoms with van der Waals surface area (Å²) in [5, 5.41) is 14.3. The average Bonchev–Trinajstić information content (AvgIpc) is 3.43. The summed E-state index contributed by atoms with van der Waals surface area (Å²) in [6.07, 6.45) is 5.81. The minimum atomic E-state index is -0.309. The number of anilines is 1. The first-order valence-corrected chi connectivity index (χ1v) is 14.4. The van der Waals surface area contributed by atoms with Gasteiger partial charge in [0.15, 0.2) is 5.82 Å². The van der Waals surface area contributed by atoms with Crippen molar-refractivity contribution in [1.82, 2.24) is 30.1 Å². The standard InChI is InChI=1S/C31H39N7O/c1-20-10-11-22(3)27(18-20)36-14-16-37(17-15-36)29(30-33-34-35-38(30)24-8-6-5-7-9-24)26-19-25-21(2)12-13-23(4)28(25)32-31(26)39/h10-13,18-19,24,29H,5-9,14-17H2,1-4H3,(H,32,39)/t29-/m1/s1. The summed E-state index contributed by atoms with van der Waals surface area (Å²) < 4.78 is 2.04. The smallest absolute Gasteiger partial charge is 0.253 e. The van der Waals surface area contributed by atoms with E-state index in [-0.39, 0.29) is 17.6 Å². The molecule has 4 aromatic rings. The molecular weight excluding hydrogens is 486 g/mol. The SMILES string of the molecule is Cc1ccc(C)c(N2CCN([C@H](c3cc4c(C)ccc(C)c4[nH]c3=O)c3nnnn3C3CCCCC3)CC2)c1. The first-order chi connectivity index (χ1) is 18.9. The van der Waals surface area contributed by atoms with Gasteiger partial charge in [0.1, 0.15) is 6.04 Å². The van der Waals surface area contributed by atoms with E-state index in [0.717, 1.165) is 72.4 Å². The van der Waals surface area contributed by atoms with Crippen LogP contribution in [-0.4, -0.2) is 56.3 Å². The number of rotatable bonds is 5. The van der Waals surface area contributed by atoms with E-state index in [9.17, 15) is 4.79 Å². The number of aromatic nitrogens is 5. The normalized spacial score (nSPS) is 18.1. The topological polar surface area (TPSA) is 82.9 Å². The molecule has 0 radical (unpaired) electrons. The molecule has 204 valence electrons. The quantitative estimate of drug-likeness (QED) is 0.387. The molecule has 2 fully saturated rings. The van der Waals surface area contributed by atoms with E-state index in [4.69, 9.17) is 0 Å². The molecule has 1 aliphatic heterocycles. The minimum absolute atomic E-state index is 0.0589. The lowest BCUT2D eigenvalue weighted by atomic mass is 9.94. The first kappa shape index (κ1) is 25.7. The summed E-state index contributed by atoms with van der Waals surface area (Å²) in [6, 6.07) is 12.9. The fraction of sp³-hybridized carbons (Fsp3) is 0.484. The highest BCUT2D eigenvalue weighted by Crippen LogP contribution is 2.34. The first-order valence-electron chi connectivity index (χ1n) is 14.4. The number of fused-ring (bicyclic) bond motifs is 1. The maximum Gasteiger partial charge on any atom is 0.253 e. The van der Waals surface area contributed by atoms with E-state index in [2.05, 4.69) is 87.5 Å². The number of nitrogens with zero attached hydrogens (tertiary/aromatic N) is 6. The summed E-state index contributed by atoms with van der Waals surface area (Å²) in [6.45, 7) is 11.9. The van der Waals surface area contributed by atoms with Gasteiger partial charge in [-0.1, -0.05) is 43.5 Å². The minimum Gasteiger partial charge on any atom is -0.369 e. The number of aryl methyl sites for hydroxylation is 4. The van der Waals surface area contributed by atoms with Gasteiger partial charge in [-0.05, 0) is 85.3 Å². The Balaban J connectivity index is 1.41. The van der Waals surface area contributed by atoms with Crippen LogP contribution < -0.4 is 10.5 Å². The van der Waals surface area contributed by atoms with Gasteiger partial charge in [-0.25, -0.2) is 4.68 Å². The zero-order valence-electron chi connectivity index (χ0n) is 23.6. The highest BCUT2D eigenvalue weighted by Gasteiger charge is 2.34. The molecule has 1 N–H and O–H groups in total. The average molecular weight is 526 g/mol. The molecule has 8 heteroatoms. The van der Waals surface area contributed by atoms with Crippen molar-refractivity contribution >= 4 is 16.6 Å². The van der Waals surface area contributed by atoms with Gasteiger partial charge in [0.05, 0.1) is 11.6 Å². The largest absolute Gasteiger partial charge is 0.369 e. The fourth-order valence-electron chi connectivity index (χ4n) is 6.54. The Hall–Kier alpha value is -3.52. The van der Waals surface area contributed by atoms with E-state index in [1.165, 1.54) is 36.1 Å². The molecular formula is C31H39N7O.